The minimum absolute atomic E-state index is 0.725. The number of benzene rings is 2. The molecule has 4 aromatic rings. The van der Waals surface area contributed by atoms with Gasteiger partial charge in [0.2, 0.25) is 7.29 Å². The first-order chi connectivity index (χ1) is 13.3. The molecule has 128 valence electrons. The van der Waals surface area contributed by atoms with Crippen LogP contribution in [-0.2, 0) is 4.57 Å². The Labute approximate surface area is 156 Å². The molecule has 6 rings (SSSR count). The molecule has 2 aromatic heterocycles. The van der Waals surface area contributed by atoms with Gasteiger partial charge in [0.25, 0.3) is 0 Å². The first-order valence-electron chi connectivity index (χ1n) is 8.80. The summed E-state index contributed by atoms with van der Waals surface area (Å²) in [4.78, 5) is 8.98. The van der Waals surface area contributed by atoms with E-state index in [0.29, 0.717) is 0 Å². The summed E-state index contributed by atoms with van der Waals surface area (Å²) in [7, 11) is -3.13. The van der Waals surface area contributed by atoms with Gasteiger partial charge in [-0.2, -0.15) is 0 Å². The van der Waals surface area contributed by atoms with Gasteiger partial charge < -0.3 is 0 Å². The van der Waals surface area contributed by atoms with Crippen molar-refractivity contribution in [2.45, 2.75) is 0 Å². The van der Waals surface area contributed by atoms with Crippen LogP contribution in [0.25, 0.3) is 22.3 Å². The number of aromatic nitrogens is 2. The third-order valence-electron chi connectivity index (χ3n) is 5.34. The van der Waals surface area contributed by atoms with E-state index in [0.717, 1.165) is 44.4 Å². The van der Waals surface area contributed by atoms with Crippen LogP contribution >= 0.6 is 7.29 Å². The van der Waals surface area contributed by atoms with Crippen molar-refractivity contribution in [1.29, 1.82) is 0 Å². The summed E-state index contributed by atoms with van der Waals surface area (Å²) in [5.74, 6) is 0.725. The Morgan fingerprint density at radius 2 is 1.37 bits per heavy atom. The van der Waals surface area contributed by atoms with E-state index >= 15 is 0 Å². The Morgan fingerprint density at radius 3 is 2.15 bits per heavy atom. The molecular formula is C22H14N3OP. The molecular weight excluding hydrogens is 353 g/mol. The first-order valence-corrected chi connectivity index (χ1v) is 10.5. The van der Waals surface area contributed by atoms with E-state index < -0.39 is 7.29 Å². The molecule has 0 aliphatic carbocycles. The van der Waals surface area contributed by atoms with E-state index in [2.05, 4.69) is 9.97 Å². The van der Waals surface area contributed by atoms with E-state index in [4.69, 9.17) is 0 Å². The average Bonchev–Trinajstić information content (AvgIpc) is 2.74. The van der Waals surface area contributed by atoms with E-state index in [9.17, 15) is 4.57 Å². The van der Waals surface area contributed by atoms with Gasteiger partial charge in [-0.05, 0) is 41.5 Å². The largest absolute Gasteiger partial charge is 0.289 e. The smallest absolute Gasteiger partial charge is 0.236 e. The van der Waals surface area contributed by atoms with Crippen LogP contribution in [0.1, 0.15) is 0 Å². The number of nitrogens with zero attached hydrogens (tertiary/aromatic N) is 3. The molecule has 4 nitrogen and oxygen atoms in total. The van der Waals surface area contributed by atoms with Crippen LogP contribution < -0.4 is 15.3 Å². The summed E-state index contributed by atoms with van der Waals surface area (Å²) in [5, 5.41) is 1.71. The predicted molar refractivity (Wildman–Crippen MR) is 108 cm³/mol. The molecule has 0 N–H and O–H groups in total. The zero-order valence-corrected chi connectivity index (χ0v) is 15.2. The number of fused-ring (bicyclic) bond motifs is 11. The summed E-state index contributed by atoms with van der Waals surface area (Å²) in [5.41, 5.74) is 4.86. The lowest BCUT2D eigenvalue weighted by Crippen LogP contribution is -2.37. The number of hydrogen-bond donors (Lipinski definition) is 0. The van der Waals surface area contributed by atoms with Crippen molar-refractivity contribution in [2.75, 3.05) is 4.67 Å². The van der Waals surface area contributed by atoms with Crippen molar-refractivity contribution < 1.29 is 4.57 Å². The van der Waals surface area contributed by atoms with Gasteiger partial charge in [-0.3, -0.25) is 14.2 Å². The highest BCUT2D eigenvalue weighted by molar-refractivity contribution is 7.81. The maximum absolute atomic E-state index is 14.8. The summed E-state index contributed by atoms with van der Waals surface area (Å²) >= 11 is 0. The summed E-state index contributed by atoms with van der Waals surface area (Å²) in [6.45, 7) is 0. The fourth-order valence-corrected chi connectivity index (χ4v) is 7.43. The van der Waals surface area contributed by atoms with Crippen LogP contribution in [0.2, 0.25) is 0 Å². The molecule has 2 aromatic carbocycles. The summed E-state index contributed by atoms with van der Waals surface area (Å²) in [6, 6.07) is 21.9. The highest BCUT2D eigenvalue weighted by Gasteiger charge is 2.48. The van der Waals surface area contributed by atoms with Gasteiger partial charge in [-0.1, -0.05) is 36.4 Å². The second-order valence-corrected chi connectivity index (χ2v) is 9.21. The van der Waals surface area contributed by atoms with Gasteiger partial charge in [0.15, 0.2) is 0 Å². The van der Waals surface area contributed by atoms with E-state index in [1.54, 1.807) is 18.6 Å². The predicted octanol–water partition coefficient (Wildman–Crippen LogP) is 4.50. The van der Waals surface area contributed by atoms with Crippen molar-refractivity contribution in [3.8, 4) is 22.3 Å². The molecule has 4 heterocycles. The minimum atomic E-state index is -3.13. The van der Waals surface area contributed by atoms with Crippen LogP contribution in [0.3, 0.4) is 0 Å². The second kappa shape index (κ2) is 5.15. The molecule has 2 aliphatic rings. The Hall–Kier alpha value is -3.23. The van der Waals surface area contributed by atoms with Gasteiger partial charge in [-0.15, -0.1) is 0 Å². The maximum atomic E-state index is 14.8. The monoisotopic (exact) mass is 367 g/mol. The lowest BCUT2D eigenvalue weighted by atomic mass is 10.0. The number of rotatable bonds is 0. The number of pyridine rings is 2. The number of hydrogen-bond acceptors (Lipinski definition) is 3. The summed E-state index contributed by atoms with van der Waals surface area (Å²) < 4.78 is 16.8. The summed E-state index contributed by atoms with van der Waals surface area (Å²) in [6.07, 6.45) is 5.33. The van der Waals surface area contributed by atoms with Gasteiger partial charge in [0.1, 0.15) is 5.82 Å². The highest BCUT2D eigenvalue weighted by Crippen LogP contribution is 2.64. The van der Waals surface area contributed by atoms with Crippen LogP contribution in [0.4, 0.5) is 11.5 Å². The Balaban J connectivity index is 1.84. The fourth-order valence-electron chi connectivity index (χ4n) is 4.23. The minimum Gasteiger partial charge on any atom is -0.289 e. The lowest BCUT2D eigenvalue weighted by Gasteiger charge is -2.43. The fraction of sp³-hybridized carbons (Fsp3) is 0. The van der Waals surface area contributed by atoms with Gasteiger partial charge in [-0.25, -0.2) is 4.98 Å². The quantitative estimate of drug-likeness (QED) is 0.429. The van der Waals surface area contributed by atoms with Crippen molar-refractivity contribution in [3.05, 3.63) is 85.3 Å². The molecule has 0 spiro atoms. The van der Waals surface area contributed by atoms with Crippen LogP contribution in [0.5, 0.6) is 0 Å². The second-order valence-electron chi connectivity index (χ2n) is 6.69. The van der Waals surface area contributed by atoms with E-state index in [1.165, 1.54) is 0 Å². The van der Waals surface area contributed by atoms with Crippen molar-refractivity contribution in [1.82, 2.24) is 9.97 Å². The normalized spacial score (nSPS) is 18.6. The van der Waals surface area contributed by atoms with E-state index in [-0.39, 0.29) is 0 Å². The van der Waals surface area contributed by atoms with Crippen LogP contribution in [-0.4, -0.2) is 9.97 Å². The van der Waals surface area contributed by atoms with Crippen molar-refractivity contribution in [3.63, 3.8) is 0 Å². The standard InChI is InChI=1S/C22H14N3OP/c26-27-20-9-3-1-6-16(20)15-11-13-23-14-19(15)25(27)22-18(8-5-12-24-22)17-7-2-4-10-21(17)27/h1-14H. The molecule has 2 aliphatic heterocycles. The molecule has 0 saturated carbocycles. The molecule has 27 heavy (non-hydrogen) atoms. The van der Waals surface area contributed by atoms with Crippen LogP contribution in [0.15, 0.2) is 85.3 Å². The molecule has 0 radical (unpaired) electrons. The van der Waals surface area contributed by atoms with Gasteiger partial charge >= 0.3 is 0 Å². The lowest BCUT2D eigenvalue weighted by molar-refractivity contribution is 0.586. The van der Waals surface area contributed by atoms with E-state index in [1.807, 2.05) is 71.4 Å². The van der Waals surface area contributed by atoms with Gasteiger partial charge in [0, 0.05) is 34.1 Å². The highest BCUT2D eigenvalue weighted by atomic mass is 31.2. The zero-order chi connectivity index (χ0) is 18.0. The molecule has 0 bridgehead atoms. The third-order valence-corrected chi connectivity index (χ3v) is 8.39. The Kier molecular flexibility index (Phi) is 2.84. The molecule has 0 saturated heterocycles. The zero-order valence-electron chi connectivity index (χ0n) is 14.3. The van der Waals surface area contributed by atoms with Gasteiger partial charge in [0.05, 0.1) is 11.9 Å². The average molecular weight is 367 g/mol. The Bertz CT molecular complexity index is 1190. The molecule has 1 atom stereocenters. The van der Waals surface area contributed by atoms with Crippen molar-refractivity contribution >= 4 is 29.4 Å². The molecule has 1 unspecified atom stereocenters. The maximum Gasteiger partial charge on any atom is 0.236 e. The molecule has 0 fully saturated rings. The van der Waals surface area contributed by atoms with Crippen LogP contribution in [0, 0.1) is 0 Å². The first kappa shape index (κ1) is 14.9. The SMILES string of the molecule is O=P12c3ccccc3-c3ccncc3N1c1ncccc1-c1ccccc12. The number of anilines is 2. The topological polar surface area (TPSA) is 46.1 Å². The molecule has 0 amide bonds. The third kappa shape index (κ3) is 1.76. The molecule has 5 heteroatoms. The van der Waals surface area contributed by atoms with Crippen molar-refractivity contribution in [2.24, 2.45) is 0 Å². The Morgan fingerprint density at radius 1 is 0.704 bits per heavy atom.